The van der Waals surface area contributed by atoms with Crippen LogP contribution in [0.15, 0.2) is 48.8 Å². The number of likely N-dealkylation sites (tertiary alicyclic amines) is 1. The Morgan fingerprint density at radius 2 is 2.07 bits per heavy atom. The summed E-state index contributed by atoms with van der Waals surface area (Å²) in [6.07, 6.45) is 5.05. The first-order chi connectivity index (χ1) is 13.1. The number of hydrogen-bond donors (Lipinski definition) is 2. The molecule has 2 aromatic rings. The van der Waals surface area contributed by atoms with Crippen molar-refractivity contribution in [3.63, 3.8) is 0 Å². The van der Waals surface area contributed by atoms with Crippen molar-refractivity contribution in [3.8, 4) is 11.5 Å². The molecule has 142 valence electrons. The summed E-state index contributed by atoms with van der Waals surface area (Å²) in [5.74, 6) is 1.17. The largest absolute Gasteiger partial charge is 0.454 e. The monoisotopic (exact) mass is 369 g/mol. The van der Waals surface area contributed by atoms with Gasteiger partial charge in [0, 0.05) is 25.7 Å². The highest BCUT2D eigenvalue weighted by Gasteiger charge is 2.42. The van der Waals surface area contributed by atoms with Crippen molar-refractivity contribution in [2.45, 2.75) is 31.0 Å². The third-order valence-corrected chi connectivity index (χ3v) is 5.14. The first kappa shape index (κ1) is 17.8. The van der Waals surface area contributed by atoms with Crippen LogP contribution in [0.2, 0.25) is 0 Å². The Hall–Kier alpha value is -2.64. The van der Waals surface area contributed by atoms with Crippen LogP contribution in [-0.2, 0) is 4.74 Å². The molecular weight excluding hydrogens is 346 g/mol. The molecular formula is C20H23N3O4. The van der Waals surface area contributed by atoms with Gasteiger partial charge in [-0.1, -0.05) is 12.1 Å². The van der Waals surface area contributed by atoms with E-state index in [9.17, 15) is 9.90 Å². The topological polar surface area (TPSA) is 83.9 Å². The predicted molar refractivity (Wildman–Crippen MR) is 99.9 cm³/mol. The van der Waals surface area contributed by atoms with E-state index in [1.807, 2.05) is 30.3 Å². The number of hydrogen-bond acceptors (Lipinski definition) is 5. The van der Waals surface area contributed by atoms with Gasteiger partial charge in [0.2, 0.25) is 0 Å². The summed E-state index contributed by atoms with van der Waals surface area (Å²) in [6, 6.07) is 10.8. The number of nitrogens with zero attached hydrogens (tertiary/aromatic N) is 2. The second-order valence-corrected chi connectivity index (χ2v) is 7.06. The standard InChI is InChI=1S/C20H23N3O4/c24-15-12-20(26-14-15)7-10-23(11-8-20)19(25)22-17-5-1-2-6-18(17)27-16-4-3-9-21-13-16/h1-6,9,13,15,24H,7-8,10-12,14H2,(H,22,25). The van der Waals surface area contributed by atoms with E-state index in [-0.39, 0.29) is 17.7 Å². The van der Waals surface area contributed by atoms with E-state index in [0.29, 0.717) is 43.3 Å². The van der Waals surface area contributed by atoms with Crippen molar-refractivity contribution in [2.75, 3.05) is 25.0 Å². The zero-order chi connectivity index (χ0) is 18.7. The fourth-order valence-corrected chi connectivity index (χ4v) is 3.67. The number of aliphatic hydroxyl groups excluding tert-OH is 1. The summed E-state index contributed by atoms with van der Waals surface area (Å²) in [5.41, 5.74) is 0.344. The van der Waals surface area contributed by atoms with Gasteiger partial charge in [0.25, 0.3) is 0 Å². The maximum absolute atomic E-state index is 12.7. The number of nitrogens with one attached hydrogen (secondary N) is 1. The minimum absolute atomic E-state index is 0.161. The number of aromatic nitrogens is 1. The number of benzene rings is 1. The highest BCUT2D eigenvalue weighted by Crippen LogP contribution is 2.36. The van der Waals surface area contributed by atoms with E-state index >= 15 is 0 Å². The molecule has 0 saturated carbocycles. The third-order valence-electron chi connectivity index (χ3n) is 5.14. The van der Waals surface area contributed by atoms with Crippen LogP contribution in [-0.4, -0.2) is 52.4 Å². The molecule has 1 spiro atoms. The molecule has 2 aliphatic heterocycles. The van der Waals surface area contributed by atoms with Crippen LogP contribution in [0.25, 0.3) is 0 Å². The van der Waals surface area contributed by atoms with Crippen molar-refractivity contribution in [2.24, 2.45) is 0 Å². The lowest BCUT2D eigenvalue weighted by molar-refractivity contribution is -0.0365. The average Bonchev–Trinajstić information content (AvgIpc) is 3.05. The highest BCUT2D eigenvalue weighted by molar-refractivity contribution is 5.91. The number of para-hydroxylation sites is 2. The zero-order valence-corrected chi connectivity index (χ0v) is 15.0. The summed E-state index contributed by atoms with van der Waals surface area (Å²) < 4.78 is 11.6. The second kappa shape index (κ2) is 7.54. The second-order valence-electron chi connectivity index (χ2n) is 7.06. The minimum atomic E-state index is -0.387. The van der Waals surface area contributed by atoms with Crippen LogP contribution in [0, 0.1) is 0 Å². The minimum Gasteiger partial charge on any atom is -0.454 e. The van der Waals surface area contributed by atoms with E-state index in [1.165, 1.54) is 0 Å². The van der Waals surface area contributed by atoms with Crippen LogP contribution in [0.3, 0.4) is 0 Å². The molecule has 1 atom stereocenters. The van der Waals surface area contributed by atoms with Crippen LogP contribution in [0.1, 0.15) is 19.3 Å². The molecule has 1 aromatic carbocycles. The molecule has 0 bridgehead atoms. The maximum Gasteiger partial charge on any atom is 0.321 e. The lowest BCUT2D eigenvalue weighted by Gasteiger charge is -2.38. The van der Waals surface area contributed by atoms with Gasteiger partial charge in [-0.3, -0.25) is 4.98 Å². The van der Waals surface area contributed by atoms with E-state index < -0.39 is 0 Å². The Labute approximate surface area is 157 Å². The molecule has 2 aliphatic rings. The number of pyridine rings is 1. The van der Waals surface area contributed by atoms with Crippen LogP contribution in [0.5, 0.6) is 11.5 Å². The number of rotatable bonds is 3. The van der Waals surface area contributed by atoms with E-state index in [1.54, 1.807) is 23.4 Å². The molecule has 2 N–H and O–H groups in total. The smallest absolute Gasteiger partial charge is 0.321 e. The molecule has 4 rings (SSSR count). The van der Waals surface area contributed by atoms with Gasteiger partial charge in [-0.15, -0.1) is 0 Å². The molecule has 1 unspecified atom stereocenters. The SMILES string of the molecule is O=C(Nc1ccccc1Oc1cccnc1)N1CCC2(CC1)CC(O)CO2. The molecule has 3 heterocycles. The Morgan fingerprint density at radius 3 is 2.78 bits per heavy atom. The summed E-state index contributed by atoms with van der Waals surface area (Å²) in [6.45, 7) is 1.60. The van der Waals surface area contributed by atoms with Crippen molar-refractivity contribution >= 4 is 11.7 Å². The number of aliphatic hydroxyl groups is 1. The van der Waals surface area contributed by atoms with Gasteiger partial charge in [-0.2, -0.15) is 0 Å². The summed E-state index contributed by atoms with van der Waals surface area (Å²) in [5, 5.41) is 12.7. The molecule has 0 radical (unpaired) electrons. The molecule has 27 heavy (non-hydrogen) atoms. The first-order valence-corrected chi connectivity index (χ1v) is 9.18. The number of anilines is 1. The Bertz CT molecular complexity index is 791. The third kappa shape index (κ3) is 4.04. The van der Waals surface area contributed by atoms with Crippen molar-refractivity contribution < 1.29 is 19.4 Å². The lowest BCUT2D eigenvalue weighted by atomic mass is 9.88. The molecule has 2 saturated heterocycles. The van der Waals surface area contributed by atoms with Crippen molar-refractivity contribution in [3.05, 3.63) is 48.8 Å². The van der Waals surface area contributed by atoms with E-state index in [2.05, 4.69) is 10.3 Å². The maximum atomic E-state index is 12.7. The fourth-order valence-electron chi connectivity index (χ4n) is 3.67. The Morgan fingerprint density at radius 1 is 1.26 bits per heavy atom. The molecule has 0 aliphatic carbocycles. The van der Waals surface area contributed by atoms with Gasteiger partial charge >= 0.3 is 6.03 Å². The van der Waals surface area contributed by atoms with Gasteiger partial charge in [-0.25, -0.2) is 4.79 Å². The number of urea groups is 1. The number of ether oxygens (including phenoxy) is 2. The molecule has 2 amide bonds. The zero-order valence-electron chi connectivity index (χ0n) is 15.0. The van der Waals surface area contributed by atoms with Gasteiger partial charge in [0.05, 0.1) is 30.2 Å². The van der Waals surface area contributed by atoms with Crippen LogP contribution in [0.4, 0.5) is 10.5 Å². The molecule has 1 aromatic heterocycles. The Balaban J connectivity index is 1.39. The van der Waals surface area contributed by atoms with Gasteiger partial charge in [0.15, 0.2) is 5.75 Å². The first-order valence-electron chi connectivity index (χ1n) is 9.18. The van der Waals surface area contributed by atoms with E-state index in [0.717, 1.165) is 12.8 Å². The van der Waals surface area contributed by atoms with Crippen LogP contribution >= 0.6 is 0 Å². The summed E-state index contributed by atoms with van der Waals surface area (Å²) >= 11 is 0. The summed E-state index contributed by atoms with van der Waals surface area (Å²) in [4.78, 5) is 18.5. The van der Waals surface area contributed by atoms with E-state index in [4.69, 9.17) is 9.47 Å². The van der Waals surface area contributed by atoms with Gasteiger partial charge in [-0.05, 0) is 37.1 Å². The predicted octanol–water partition coefficient (Wildman–Crippen LogP) is 3.02. The Kier molecular flexibility index (Phi) is 4.96. The highest BCUT2D eigenvalue weighted by atomic mass is 16.5. The lowest BCUT2D eigenvalue weighted by Crippen LogP contribution is -2.48. The van der Waals surface area contributed by atoms with Crippen molar-refractivity contribution in [1.82, 2.24) is 9.88 Å². The van der Waals surface area contributed by atoms with Crippen LogP contribution < -0.4 is 10.1 Å². The van der Waals surface area contributed by atoms with Crippen molar-refractivity contribution in [1.29, 1.82) is 0 Å². The van der Waals surface area contributed by atoms with Gasteiger partial charge in [0.1, 0.15) is 5.75 Å². The normalized spacial score (nSPS) is 21.2. The number of carbonyl (C=O) groups excluding carboxylic acids is 1. The molecule has 7 nitrogen and oxygen atoms in total. The molecule has 7 heteroatoms. The molecule has 2 fully saturated rings. The van der Waals surface area contributed by atoms with Gasteiger partial charge < -0.3 is 24.8 Å². The quantitative estimate of drug-likeness (QED) is 0.869. The average molecular weight is 369 g/mol. The number of carbonyl (C=O) groups is 1. The fraction of sp³-hybridized carbons (Fsp3) is 0.400. The summed E-state index contributed by atoms with van der Waals surface area (Å²) in [7, 11) is 0. The number of amides is 2. The number of piperidine rings is 1.